The summed E-state index contributed by atoms with van der Waals surface area (Å²) in [6, 6.07) is 12.8. The maximum atomic E-state index is 14.0. The van der Waals surface area contributed by atoms with Gasteiger partial charge in [-0.1, -0.05) is 23.7 Å². The number of nitrogens with two attached hydrogens (primary N) is 1. The molecular weight excluding hydrogens is 566 g/mol. The SMILES string of the molecule is Cc1cc(C)c(C2C(C#N)=C(N)N(c3ccc(F)cc3[N+](=O)[O-])C3=C2C(=O)CCC3)cc1COc1ccc(F)cc1Cl. The Hall–Kier alpha value is -4.75. The molecule has 3 aromatic rings. The Labute approximate surface area is 245 Å². The molecule has 1 unspecified atom stereocenters. The molecule has 1 aliphatic heterocycles. The Balaban J connectivity index is 1.65. The predicted molar refractivity (Wildman–Crippen MR) is 153 cm³/mol. The minimum absolute atomic E-state index is 0.0295. The van der Waals surface area contributed by atoms with E-state index in [1.54, 1.807) is 0 Å². The van der Waals surface area contributed by atoms with Crippen LogP contribution in [0.1, 0.15) is 47.4 Å². The van der Waals surface area contributed by atoms with Gasteiger partial charge in [0.05, 0.1) is 33.6 Å². The smallest absolute Gasteiger partial charge is 0.296 e. The highest BCUT2D eigenvalue weighted by Crippen LogP contribution is 2.48. The van der Waals surface area contributed by atoms with E-state index in [4.69, 9.17) is 22.1 Å². The number of ketones is 1. The van der Waals surface area contributed by atoms with Crippen molar-refractivity contribution in [1.82, 2.24) is 0 Å². The normalized spacial score (nSPS) is 16.8. The van der Waals surface area contributed by atoms with E-state index < -0.39 is 28.2 Å². The number of halogens is 3. The lowest BCUT2D eigenvalue weighted by molar-refractivity contribution is -0.384. The molecule has 8 nitrogen and oxygen atoms in total. The number of Topliss-reactive ketones (excluding diaryl/α,β-unsaturated/α-hetero) is 1. The van der Waals surface area contributed by atoms with Gasteiger partial charge in [0.25, 0.3) is 5.69 Å². The first-order chi connectivity index (χ1) is 20.0. The number of carbonyl (C=O) groups is 1. The zero-order valence-corrected chi connectivity index (χ0v) is 23.5. The number of hydrogen-bond donors (Lipinski definition) is 1. The van der Waals surface area contributed by atoms with Crippen LogP contribution < -0.4 is 15.4 Å². The van der Waals surface area contributed by atoms with Crippen LogP contribution in [0.5, 0.6) is 5.75 Å². The van der Waals surface area contributed by atoms with Gasteiger partial charge in [0.2, 0.25) is 0 Å². The first-order valence-electron chi connectivity index (χ1n) is 13.1. The Morgan fingerprint density at radius 1 is 1.12 bits per heavy atom. The molecular formula is C31H25ClF2N4O4. The van der Waals surface area contributed by atoms with E-state index in [1.807, 2.05) is 26.0 Å². The molecule has 0 aromatic heterocycles. The Bertz CT molecular complexity index is 1760. The molecule has 0 radical (unpaired) electrons. The molecule has 3 aromatic carbocycles. The largest absolute Gasteiger partial charge is 0.487 e. The van der Waals surface area contributed by atoms with Crippen LogP contribution in [0.2, 0.25) is 5.02 Å². The molecule has 5 rings (SSSR count). The number of hydrogen-bond acceptors (Lipinski definition) is 7. The average molecular weight is 591 g/mol. The van der Waals surface area contributed by atoms with Crippen LogP contribution in [0.25, 0.3) is 0 Å². The Kier molecular flexibility index (Phi) is 7.71. The zero-order valence-electron chi connectivity index (χ0n) is 22.7. The highest BCUT2D eigenvalue weighted by molar-refractivity contribution is 6.32. The fourth-order valence-electron chi connectivity index (χ4n) is 5.63. The standard InChI is InChI=1S/C31H25ClF2N4O4/c1-16-10-17(2)21(11-18(16)15-42-28-9-7-19(33)12-23(28)32)29-22(14-35)31(36)37(25-4-3-5-27(39)30(25)29)24-8-6-20(34)13-26(24)38(40)41/h6-13,29H,3-5,15,36H2,1-2H3. The maximum absolute atomic E-state index is 14.0. The van der Waals surface area contributed by atoms with Gasteiger partial charge in [-0.3, -0.25) is 19.8 Å². The first kappa shape index (κ1) is 28.8. The second-order valence-electron chi connectivity index (χ2n) is 10.2. The fourth-order valence-corrected chi connectivity index (χ4v) is 5.86. The number of nitro benzene ring substituents is 1. The van der Waals surface area contributed by atoms with Gasteiger partial charge in [-0.05, 0) is 79.3 Å². The summed E-state index contributed by atoms with van der Waals surface area (Å²) in [5.41, 5.74) is 9.91. The van der Waals surface area contributed by atoms with Crippen LogP contribution in [0.4, 0.5) is 20.2 Å². The molecule has 42 heavy (non-hydrogen) atoms. The van der Waals surface area contributed by atoms with E-state index in [1.165, 1.54) is 23.1 Å². The predicted octanol–water partition coefficient (Wildman–Crippen LogP) is 7.03. The third kappa shape index (κ3) is 5.08. The third-order valence-corrected chi connectivity index (χ3v) is 7.90. The summed E-state index contributed by atoms with van der Waals surface area (Å²) in [6.45, 7) is 3.83. The number of rotatable bonds is 6. The number of aryl methyl sites for hydroxylation is 2. The van der Waals surface area contributed by atoms with E-state index in [9.17, 15) is 29.0 Å². The van der Waals surface area contributed by atoms with Crippen molar-refractivity contribution >= 4 is 28.8 Å². The minimum atomic E-state index is -0.831. The van der Waals surface area contributed by atoms with Crippen LogP contribution in [0.3, 0.4) is 0 Å². The molecule has 0 saturated heterocycles. The van der Waals surface area contributed by atoms with Crippen molar-refractivity contribution in [3.05, 3.63) is 120 Å². The van der Waals surface area contributed by atoms with Gasteiger partial charge >= 0.3 is 0 Å². The van der Waals surface area contributed by atoms with Gasteiger partial charge in [-0.15, -0.1) is 0 Å². The summed E-state index contributed by atoms with van der Waals surface area (Å²) in [5.74, 6) is -2.10. The lowest BCUT2D eigenvalue weighted by Crippen LogP contribution is -2.39. The van der Waals surface area contributed by atoms with Gasteiger partial charge in [0, 0.05) is 17.7 Å². The molecule has 1 heterocycles. The van der Waals surface area contributed by atoms with Crippen molar-refractivity contribution in [2.45, 2.75) is 45.6 Å². The number of nitrogens with zero attached hydrogens (tertiary/aromatic N) is 3. The zero-order chi connectivity index (χ0) is 30.3. The van der Waals surface area contributed by atoms with Gasteiger partial charge < -0.3 is 10.5 Å². The number of nitriles is 1. The van der Waals surface area contributed by atoms with E-state index in [0.717, 1.165) is 34.9 Å². The minimum Gasteiger partial charge on any atom is -0.487 e. The molecule has 214 valence electrons. The summed E-state index contributed by atoms with van der Waals surface area (Å²) < 4.78 is 33.4. The number of allylic oxidation sites excluding steroid dienone is 3. The topological polar surface area (TPSA) is 122 Å². The summed E-state index contributed by atoms with van der Waals surface area (Å²) in [5, 5.41) is 22.4. The second-order valence-corrected chi connectivity index (χ2v) is 10.6. The highest BCUT2D eigenvalue weighted by Gasteiger charge is 2.42. The van der Waals surface area contributed by atoms with Gasteiger partial charge in [0.1, 0.15) is 35.5 Å². The second kappa shape index (κ2) is 11.3. The number of nitro groups is 1. The fraction of sp³-hybridized carbons (Fsp3) is 0.226. The number of carbonyl (C=O) groups excluding carboxylic acids is 1. The van der Waals surface area contributed by atoms with E-state index in [-0.39, 0.29) is 40.9 Å². The van der Waals surface area contributed by atoms with Crippen molar-refractivity contribution in [3.8, 4) is 11.8 Å². The molecule has 1 aliphatic carbocycles. The average Bonchev–Trinajstić information content (AvgIpc) is 2.93. The molecule has 0 saturated carbocycles. The van der Waals surface area contributed by atoms with Crippen LogP contribution >= 0.6 is 11.6 Å². The first-order valence-corrected chi connectivity index (χ1v) is 13.5. The molecule has 0 fully saturated rings. The monoisotopic (exact) mass is 590 g/mol. The van der Waals surface area contributed by atoms with Gasteiger partial charge in [0.15, 0.2) is 5.78 Å². The van der Waals surface area contributed by atoms with Crippen molar-refractivity contribution in [3.63, 3.8) is 0 Å². The van der Waals surface area contributed by atoms with Gasteiger partial charge in [-0.25, -0.2) is 8.78 Å². The molecule has 0 bridgehead atoms. The third-order valence-electron chi connectivity index (χ3n) is 7.60. The van der Waals surface area contributed by atoms with Crippen LogP contribution in [-0.2, 0) is 11.4 Å². The van der Waals surface area contributed by atoms with E-state index in [2.05, 4.69) is 6.07 Å². The Morgan fingerprint density at radius 2 is 1.83 bits per heavy atom. The van der Waals surface area contributed by atoms with Crippen LogP contribution in [0, 0.1) is 46.9 Å². The summed E-state index contributed by atoms with van der Waals surface area (Å²) >= 11 is 6.13. The lowest BCUT2D eigenvalue weighted by atomic mass is 9.74. The summed E-state index contributed by atoms with van der Waals surface area (Å²) in [4.78, 5) is 26.0. The molecule has 1 atom stereocenters. The lowest BCUT2D eigenvalue weighted by Gasteiger charge is -2.39. The number of benzene rings is 3. The van der Waals surface area contributed by atoms with E-state index in [0.29, 0.717) is 35.4 Å². The number of ether oxygens (including phenoxy) is 1. The van der Waals surface area contributed by atoms with Crippen molar-refractivity contribution in [1.29, 1.82) is 5.26 Å². The Morgan fingerprint density at radius 3 is 2.52 bits per heavy atom. The molecule has 0 spiro atoms. The van der Waals surface area contributed by atoms with Crippen molar-refractivity contribution in [2.75, 3.05) is 4.90 Å². The van der Waals surface area contributed by atoms with E-state index >= 15 is 0 Å². The molecule has 11 heteroatoms. The summed E-state index contributed by atoms with van der Waals surface area (Å²) in [7, 11) is 0. The van der Waals surface area contributed by atoms with Crippen molar-refractivity contribution < 1.29 is 23.2 Å². The highest BCUT2D eigenvalue weighted by atomic mass is 35.5. The van der Waals surface area contributed by atoms with Crippen LogP contribution in [0.15, 0.2) is 71.2 Å². The van der Waals surface area contributed by atoms with Crippen molar-refractivity contribution in [2.24, 2.45) is 5.73 Å². The van der Waals surface area contributed by atoms with Gasteiger partial charge in [-0.2, -0.15) is 5.26 Å². The molecule has 2 N–H and O–H groups in total. The van der Waals surface area contributed by atoms with Crippen LogP contribution in [-0.4, -0.2) is 10.7 Å². The summed E-state index contributed by atoms with van der Waals surface area (Å²) in [6.07, 6.45) is 1.09. The quantitative estimate of drug-likeness (QED) is 0.241. The molecule has 2 aliphatic rings. The number of anilines is 1. The molecule has 0 amide bonds. The maximum Gasteiger partial charge on any atom is 0.296 e.